The summed E-state index contributed by atoms with van der Waals surface area (Å²) in [5, 5.41) is 3.98. The molecule has 4 nitrogen and oxygen atoms in total. The van der Waals surface area contributed by atoms with E-state index in [1.165, 1.54) is 24.3 Å². The zero-order chi connectivity index (χ0) is 17.2. The number of hydrogen-bond donors (Lipinski definition) is 0. The molecule has 6 heteroatoms. The molecule has 4 rings (SSSR count). The average molecular weight is 341 g/mol. The van der Waals surface area contributed by atoms with Gasteiger partial charge in [0.05, 0.1) is 6.54 Å². The highest BCUT2D eigenvalue weighted by Crippen LogP contribution is 2.30. The molecule has 1 saturated carbocycles. The molecular weight excluding hydrogens is 324 g/mol. The molecule has 0 saturated heterocycles. The van der Waals surface area contributed by atoms with Crippen molar-refractivity contribution in [2.24, 2.45) is 0 Å². The summed E-state index contributed by atoms with van der Waals surface area (Å²) in [5.74, 6) is 0.440. The van der Waals surface area contributed by atoms with Gasteiger partial charge in [-0.3, -0.25) is 4.90 Å². The maximum atomic E-state index is 13.1. The fourth-order valence-corrected chi connectivity index (χ4v) is 2.79. The predicted octanol–water partition coefficient (Wildman–Crippen LogP) is 4.18. The number of benzene rings is 2. The third-order valence-corrected chi connectivity index (χ3v) is 4.27. The first-order chi connectivity index (χ1) is 12.2. The number of halogens is 2. The first-order valence-electron chi connectivity index (χ1n) is 8.24. The van der Waals surface area contributed by atoms with Gasteiger partial charge >= 0.3 is 0 Å². The van der Waals surface area contributed by atoms with Crippen LogP contribution in [-0.4, -0.2) is 21.1 Å². The van der Waals surface area contributed by atoms with Crippen LogP contribution in [0.4, 0.5) is 8.78 Å². The summed E-state index contributed by atoms with van der Waals surface area (Å²) in [5.41, 5.74) is 1.76. The zero-order valence-electron chi connectivity index (χ0n) is 13.5. The molecule has 1 fully saturated rings. The summed E-state index contributed by atoms with van der Waals surface area (Å²) in [6, 6.07) is 13.0. The van der Waals surface area contributed by atoms with Crippen molar-refractivity contribution in [1.82, 2.24) is 15.0 Å². The fraction of sp³-hybridized carbons (Fsp3) is 0.263. The van der Waals surface area contributed by atoms with Crippen LogP contribution in [0.1, 0.15) is 24.3 Å². The molecule has 1 aliphatic carbocycles. The molecule has 2 aromatic carbocycles. The lowest BCUT2D eigenvalue weighted by atomic mass is 10.2. The van der Waals surface area contributed by atoms with Crippen molar-refractivity contribution in [2.45, 2.75) is 32.0 Å². The maximum Gasteiger partial charge on any atom is 0.241 e. The van der Waals surface area contributed by atoms with Crippen LogP contribution in [0, 0.1) is 11.6 Å². The van der Waals surface area contributed by atoms with E-state index in [9.17, 15) is 8.78 Å². The van der Waals surface area contributed by atoms with E-state index < -0.39 is 0 Å². The van der Waals surface area contributed by atoms with Crippen LogP contribution in [0.3, 0.4) is 0 Å². The van der Waals surface area contributed by atoms with Crippen molar-refractivity contribution in [1.29, 1.82) is 0 Å². The summed E-state index contributed by atoms with van der Waals surface area (Å²) < 4.78 is 31.4. The number of hydrogen-bond acceptors (Lipinski definition) is 4. The van der Waals surface area contributed by atoms with E-state index in [2.05, 4.69) is 15.0 Å². The third-order valence-electron chi connectivity index (χ3n) is 4.27. The second-order valence-corrected chi connectivity index (χ2v) is 6.28. The second kappa shape index (κ2) is 6.72. The van der Waals surface area contributed by atoms with Gasteiger partial charge in [0.15, 0.2) is 0 Å². The number of aromatic nitrogens is 2. The van der Waals surface area contributed by atoms with Gasteiger partial charge in [-0.05, 0) is 54.8 Å². The Morgan fingerprint density at radius 3 is 2.20 bits per heavy atom. The van der Waals surface area contributed by atoms with Gasteiger partial charge in [0.2, 0.25) is 11.7 Å². The molecule has 0 N–H and O–H groups in total. The van der Waals surface area contributed by atoms with Crippen LogP contribution in [0.15, 0.2) is 53.1 Å². The lowest BCUT2D eigenvalue weighted by Crippen LogP contribution is -2.25. The molecule has 3 aromatic rings. The van der Waals surface area contributed by atoms with E-state index in [0.717, 1.165) is 18.4 Å². The lowest BCUT2D eigenvalue weighted by molar-refractivity contribution is 0.209. The minimum absolute atomic E-state index is 0.234. The molecular formula is C19H17F2N3O. The van der Waals surface area contributed by atoms with E-state index in [1.807, 2.05) is 0 Å². The number of nitrogens with zero attached hydrogens (tertiary/aromatic N) is 3. The van der Waals surface area contributed by atoms with Crippen molar-refractivity contribution in [2.75, 3.05) is 0 Å². The van der Waals surface area contributed by atoms with Gasteiger partial charge in [-0.15, -0.1) is 0 Å². The molecule has 0 amide bonds. The highest BCUT2D eigenvalue weighted by molar-refractivity contribution is 5.53. The van der Waals surface area contributed by atoms with Crippen LogP contribution in [0.2, 0.25) is 0 Å². The standard InChI is InChI=1S/C19H17F2N3O/c20-15-5-1-13(2-6-15)11-24(17-9-10-17)12-18-22-19(23-25-18)14-3-7-16(21)8-4-14/h1-8,17H,9-12H2. The Labute approximate surface area is 144 Å². The van der Waals surface area contributed by atoms with Gasteiger partial charge in [0.25, 0.3) is 0 Å². The Morgan fingerprint density at radius 1 is 0.920 bits per heavy atom. The van der Waals surface area contributed by atoms with Gasteiger partial charge in [-0.1, -0.05) is 17.3 Å². The Kier molecular flexibility index (Phi) is 4.28. The Balaban J connectivity index is 1.47. The molecule has 1 aliphatic rings. The third kappa shape index (κ3) is 3.91. The van der Waals surface area contributed by atoms with Crippen LogP contribution < -0.4 is 0 Å². The SMILES string of the molecule is Fc1ccc(CN(Cc2nc(-c3ccc(F)cc3)no2)C2CC2)cc1. The zero-order valence-corrected chi connectivity index (χ0v) is 13.5. The van der Waals surface area contributed by atoms with Crippen LogP contribution in [-0.2, 0) is 13.1 Å². The molecule has 0 unspecified atom stereocenters. The monoisotopic (exact) mass is 341 g/mol. The Hall–Kier alpha value is -2.60. The van der Waals surface area contributed by atoms with E-state index in [4.69, 9.17) is 4.52 Å². The molecule has 128 valence electrons. The first kappa shape index (κ1) is 15.9. The minimum Gasteiger partial charge on any atom is -0.338 e. The Morgan fingerprint density at radius 2 is 1.56 bits per heavy atom. The highest BCUT2D eigenvalue weighted by Gasteiger charge is 2.30. The quantitative estimate of drug-likeness (QED) is 0.674. The van der Waals surface area contributed by atoms with E-state index in [-0.39, 0.29) is 11.6 Å². The summed E-state index contributed by atoms with van der Waals surface area (Å²) in [4.78, 5) is 6.67. The van der Waals surface area contributed by atoms with Crippen molar-refractivity contribution < 1.29 is 13.3 Å². The van der Waals surface area contributed by atoms with Crippen LogP contribution in [0.25, 0.3) is 11.4 Å². The molecule has 1 heterocycles. The van der Waals surface area contributed by atoms with Gasteiger partial charge < -0.3 is 4.52 Å². The molecule has 0 radical (unpaired) electrons. The fourth-order valence-electron chi connectivity index (χ4n) is 2.79. The first-order valence-corrected chi connectivity index (χ1v) is 8.24. The van der Waals surface area contributed by atoms with E-state index in [0.29, 0.717) is 36.4 Å². The molecule has 0 bridgehead atoms. The molecule has 1 aromatic heterocycles. The minimum atomic E-state index is -0.299. The summed E-state index contributed by atoms with van der Waals surface area (Å²) in [7, 11) is 0. The summed E-state index contributed by atoms with van der Waals surface area (Å²) >= 11 is 0. The van der Waals surface area contributed by atoms with Crippen molar-refractivity contribution in [3.63, 3.8) is 0 Å². The van der Waals surface area contributed by atoms with Gasteiger partial charge in [0, 0.05) is 18.2 Å². The maximum absolute atomic E-state index is 13.1. The summed E-state index contributed by atoms with van der Waals surface area (Å²) in [6.45, 7) is 1.25. The number of rotatable bonds is 6. The van der Waals surface area contributed by atoms with Crippen LogP contribution >= 0.6 is 0 Å². The highest BCUT2D eigenvalue weighted by atomic mass is 19.1. The van der Waals surface area contributed by atoms with Crippen LogP contribution in [0.5, 0.6) is 0 Å². The normalized spacial score (nSPS) is 14.2. The van der Waals surface area contributed by atoms with Crippen molar-refractivity contribution >= 4 is 0 Å². The van der Waals surface area contributed by atoms with Crippen molar-refractivity contribution in [3.8, 4) is 11.4 Å². The topological polar surface area (TPSA) is 42.2 Å². The summed E-state index contributed by atoms with van der Waals surface area (Å²) in [6.07, 6.45) is 2.28. The van der Waals surface area contributed by atoms with Gasteiger partial charge in [0.1, 0.15) is 11.6 Å². The molecule has 0 atom stereocenters. The smallest absolute Gasteiger partial charge is 0.241 e. The van der Waals surface area contributed by atoms with Crippen molar-refractivity contribution in [3.05, 3.63) is 71.6 Å². The Bertz CT molecular complexity index is 842. The molecule has 0 aliphatic heterocycles. The van der Waals surface area contributed by atoms with E-state index >= 15 is 0 Å². The van der Waals surface area contributed by atoms with Gasteiger partial charge in [-0.25, -0.2) is 8.78 Å². The predicted molar refractivity (Wildman–Crippen MR) is 88.4 cm³/mol. The second-order valence-electron chi connectivity index (χ2n) is 6.28. The lowest BCUT2D eigenvalue weighted by Gasteiger charge is -2.19. The molecule has 25 heavy (non-hydrogen) atoms. The van der Waals surface area contributed by atoms with Gasteiger partial charge in [-0.2, -0.15) is 4.98 Å². The largest absolute Gasteiger partial charge is 0.338 e. The molecule has 0 spiro atoms. The average Bonchev–Trinajstić information content (AvgIpc) is 3.36. The van der Waals surface area contributed by atoms with E-state index in [1.54, 1.807) is 24.3 Å².